The molecule has 0 aliphatic rings. The maximum absolute atomic E-state index is 12.0. The predicted molar refractivity (Wildman–Crippen MR) is 134 cm³/mol. The quantitative estimate of drug-likeness (QED) is 0.198. The molecule has 2 N–H and O–H groups in total. The fourth-order valence-corrected chi connectivity index (χ4v) is 3.71. The molecule has 1 amide bonds. The second-order valence-corrected chi connectivity index (χ2v) is 8.68. The van der Waals surface area contributed by atoms with Gasteiger partial charge >= 0.3 is 0 Å². The van der Waals surface area contributed by atoms with Gasteiger partial charge in [-0.25, -0.2) is 0 Å². The lowest BCUT2D eigenvalue weighted by atomic mass is 10.0. The summed E-state index contributed by atoms with van der Waals surface area (Å²) >= 11 is 0. The van der Waals surface area contributed by atoms with Crippen molar-refractivity contribution in [3.63, 3.8) is 0 Å². The first-order chi connectivity index (χ1) is 15.3. The Morgan fingerprint density at radius 2 is 1.35 bits per heavy atom. The molecule has 4 heteroatoms. The van der Waals surface area contributed by atoms with Gasteiger partial charge in [0.05, 0.1) is 13.2 Å². The first kappa shape index (κ1) is 27.3. The molecule has 178 valence electrons. The fourth-order valence-electron chi connectivity index (χ4n) is 3.71. The van der Waals surface area contributed by atoms with E-state index in [9.17, 15) is 4.79 Å². The van der Waals surface area contributed by atoms with Gasteiger partial charge in [0.15, 0.2) is 0 Å². The molecular formula is C27H48N2O2. The van der Waals surface area contributed by atoms with Crippen LogP contribution in [0, 0.1) is 0 Å². The Balaban J connectivity index is 1.88. The van der Waals surface area contributed by atoms with E-state index in [1.165, 1.54) is 83.5 Å². The molecule has 0 aromatic heterocycles. The minimum absolute atomic E-state index is 0.0505. The Bertz CT molecular complexity index is 548. The summed E-state index contributed by atoms with van der Waals surface area (Å²) in [6.07, 6.45) is 19.9. The minimum Gasteiger partial charge on any atom is -0.494 e. The molecule has 0 heterocycles. The van der Waals surface area contributed by atoms with Crippen molar-refractivity contribution in [1.82, 2.24) is 5.32 Å². The zero-order valence-electron chi connectivity index (χ0n) is 20.4. The number of unbranched alkanes of at least 4 members (excludes halogenated alkanes) is 13. The first-order valence-corrected chi connectivity index (χ1v) is 13.0. The first-order valence-electron chi connectivity index (χ1n) is 13.0. The third kappa shape index (κ3) is 16.6. The van der Waals surface area contributed by atoms with E-state index in [4.69, 9.17) is 4.74 Å². The number of hydrogen-bond acceptors (Lipinski definition) is 3. The van der Waals surface area contributed by atoms with Gasteiger partial charge < -0.3 is 15.4 Å². The third-order valence-electron chi connectivity index (χ3n) is 5.61. The number of hydrogen-bond donors (Lipinski definition) is 2. The lowest BCUT2D eigenvalue weighted by Crippen LogP contribution is -2.30. The number of amides is 1. The number of carbonyl (C=O) groups is 1. The number of carbonyl (C=O) groups excluding carboxylic acids is 1. The van der Waals surface area contributed by atoms with Crippen LogP contribution in [0.3, 0.4) is 0 Å². The topological polar surface area (TPSA) is 50.4 Å². The largest absolute Gasteiger partial charge is 0.494 e. The molecule has 0 spiro atoms. The average molecular weight is 433 g/mol. The number of rotatable bonds is 21. The van der Waals surface area contributed by atoms with E-state index in [-0.39, 0.29) is 5.91 Å². The van der Waals surface area contributed by atoms with Crippen LogP contribution in [0.25, 0.3) is 0 Å². The van der Waals surface area contributed by atoms with Crippen LogP contribution in [0.5, 0.6) is 5.75 Å². The molecule has 31 heavy (non-hydrogen) atoms. The van der Waals surface area contributed by atoms with Gasteiger partial charge in [-0.3, -0.25) is 4.79 Å². The van der Waals surface area contributed by atoms with E-state index in [1.807, 2.05) is 24.3 Å². The number of anilines is 1. The third-order valence-corrected chi connectivity index (χ3v) is 5.61. The molecule has 1 rings (SSSR count). The van der Waals surface area contributed by atoms with Gasteiger partial charge in [-0.2, -0.15) is 0 Å². The Kier molecular flexibility index (Phi) is 17.8. The van der Waals surface area contributed by atoms with Crippen molar-refractivity contribution in [3.05, 3.63) is 24.3 Å². The number of benzene rings is 1. The Morgan fingerprint density at radius 3 is 1.94 bits per heavy atom. The zero-order valence-corrected chi connectivity index (χ0v) is 20.4. The summed E-state index contributed by atoms with van der Waals surface area (Å²) in [7, 11) is 0. The molecule has 0 unspecified atom stereocenters. The Labute approximate surface area is 191 Å². The highest BCUT2D eigenvalue weighted by atomic mass is 16.5. The van der Waals surface area contributed by atoms with Crippen LogP contribution in [0.4, 0.5) is 5.69 Å². The standard InChI is InChI=1S/C27H48N2O2/c1-3-5-6-7-8-9-10-11-12-13-14-15-16-17-21-28-27(30)24-29-25-19-18-20-26(23-25)31-22-4-2/h18-20,23,29H,3-17,21-22,24H2,1-2H3,(H,28,30). The summed E-state index contributed by atoms with van der Waals surface area (Å²) in [5, 5.41) is 6.18. The lowest BCUT2D eigenvalue weighted by Gasteiger charge is -2.10. The molecule has 0 bridgehead atoms. The van der Waals surface area contributed by atoms with Crippen molar-refractivity contribution in [2.75, 3.05) is 25.0 Å². The monoisotopic (exact) mass is 432 g/mol. The molecule has 1 aromatic rings. The van der Waals surface area contributed by atoms with Crippen molar-refractivity contribution in [1.29, 1.82) is 0 Å². The van der Waals surface area contributed by atoms with Gasteiger partial charge in [0.2, 0.25) is 5.91 Å². The summed E-state index contributed by atoms with van der Waals surface area (Å²) in [5.41, 5.74) is 0.917. The summed E-state index contributed by atoms with van der Waals surface area (Å²) in [6.45, 7) is 6.15. The van der Waals surface area contributed by atoms with Crippen LogP contribution in [0.15, 0.2) is 24.3 Å². The summed E-state index contributed by atoms with van der Waals surface area (Å²) in [5.74, 6) is 0.893. The van der Waals surface area contributed by atoms with Crippen LogP contribution in [-0.2, 0) is 4.79 Å². The smallest absolute Gasteiger partial charge is 0.239 e. The van der Waals surface area contributed by atoms with Gasteiger partial charge in [0.1, 0.15) is 5.75 Å². The van der Waals surface area contributed by atoms with Crippen molar-refractivity contribution < 1.29 is 9.53 Å². The molecule has 0 saturated heterocycles. The van der Waals surface area contributed by atoms with Crippen molar-refractivity contribution in [2.24, 2.45) is 0 Å². The molecule has 0 aliphatic heterocycles. The summed E-state index contributed by atoms with van der Waals surface area (Å²) in [6, 6.07) is 7.78. The Hall–Kier alpha value is -1.71. The van der Waals surface area contributed by atoms with Crippen LogP contribution in [0.2, 0.25) is 0 Å². The van der Waals surface area contributed by atoms with E-state index < -0.39 is 0 Å². The van der Waals surface area contributed by atoms with Gasteiger partial charge in [0, 0.05) is 18.3 Å². The summed E-state index contributed by atoms with van der Waals surface area (Å²) in [4.78, 5) is 12.0. The maximum Gasteiger partial charge on any atom is 0.239 e. The highest BCUT2D eigenvalue weighted by Crippen LogP contribution is 2.17. The van der Waals surface area contributed by atoms with E-state index in [0.29, 0.717) is 13.2 Å². The van der Waals surface area contributed by atoms with Gasteiger partial charge in [-0.05, 0) is 25.0 Å². The second-order valence-electron chi connectivity index (χ2n) is 8.68. The van der Waals surface area contributed by atoms with Crippen LogP contribution >= 0.6 is 0 Å². The van der Waals surface area contributed by atoms with Crippen LogP contribution in [-0.4, -0.2) is 25.6 Å². The maximum atomic E-state index is 12.0. The van der Waals surface area contributed by atoms with Gasteiger partial charge in [0.25, 0.3) is 0 Å². The average Bonchev–Trinajstić information content (AvgIpc) is 2.79. The lowest BCUT2D eigenvalue weighted by molar-refractivity contribution is -0.119. The Morgan fingerprint density at radius 1 is 0.774 bits per heavy atom. The SMILES string of the molecule is CCCCCCCCCCCCCCCCNC(=O)CNc1cccc(OCCC)c1. The highest BCUT2D eigenvalue weighted by molar-refractivity contribution is 5.80. The van der Waals surface area contributed by atoms with E-state index in [0.717, 1.165) is 30.8 Å². The van der Waals surface area contributed by atoms with Gasteiger partial charge in [-0.15, -0.1) is 0 Å². The van der Waals surface area contributed by atoms with E-state index >= 15 is 0 Å². The molecule has 1 aromatic carbocycles. The number of nitrogens with one attached hydrogen (secondary N) is 2. The zero-order chi connectivity index (χ0) is 22.4. The van der Waals surface area contributed by atoms with Crippen LogP contribution < -0.4 is 15.4 Å². The highest BCUT2D eigenvalue weighted by Gasteiger charge is 2.02. The van der Waals surface area contributed by atoms with E-state index in [1.54, 1.807) is 0 Å². The summed E-state index contributed by atoms with van der Waals surface area (Å²) < 4.78 is 5.62. The van der Waals surface area contributed by atoms with Crippen molar-refractivity contribution in [3.8, 4) is 5.75 Å². The number of ether oxygens (including phenoxy) is 1. The van der Waals surface area contributed by atoms with Crippen molar-refractivity contribution in [2.45, 2.75) is 110 Å². The van der Waals surface area contributed by atoms with E-state index in [2.05, 4.69) is 24.5 Å². The predicted octanol–water partition coefficient (Wildman–Crippen LogP) is 7.48. The molecule has 0 radical (unpaired) electrons. The second kappa shape index (κ2) is 20.2. The molecule has 0 atom stereocenters. The fraction of sp³-hybridized carbons (Fsp3) is 0.741. The van der Waals surface area contributed by atoms with Crippen LogP contribution in [0.1, 0.15) is 110 Å². The molecule has 4 nitrogen and oxygen atoms in total. The molecule has 0 saturated carbocycles. The molecule has 0 fully saturated rings. The van der Waals surface area contributed by atoms with Gasteiger partial charge in [-0.1, -0.05) is 103 Å². The molecular weight excluding hydrogens is 384 g/mol. The van der Waals surface area contributed by atoms with Crippen molar-refractivity contribution >= 4 is 11.6 Å². The normalized spacial score (nSPS) is 10.8. The molecule has 0 aliphatic carbocycles. The minimum atomic E-state index is 0.0505.